The van der Waals surface area contributed by atoms with Gasteiger partial charge in [-0.3, -0.25) is 9.59 Å². The van der Waals surface area contributed by atoms with Crippen molar-refractivity contribution in [2.45, 2.75) is 40.0 Å². The van der Waals surface area contributed by atoms with Crippen LogP contribution in [0.15, 0.2) is 24.3 Å². The molecule has 0 atom stereocenters. The highest BCUT2D eigenvalue weighted by molar-refractivity contribution is 6.09. The Hall–Kier alpha value is -2.37. The summed E-state index contributed by atoms with van der Waals surface area (Å²) in [5.74, 6) is -1.15. The average molecular weight is 334 g/mol. The van der Waals surface area contributed by atoms with Gasteiger partial charge in [0.1, 0.15) is 5.41 Å². The number of hydrogen-bond acceptors (Lipinski definition) is 4. The standard InChI is InChI=1S/C18H26N2O4/c1-5-6-7-12-19-16(22)18(2,3)17(23)20-14-10-8-13(9-11-14)15(21)24-4/h8-11H,5-7,12H2,1-4H3,(H,19,22)(H,20,23). The Bertz CT molecular complexity index is 579. The Morgan fingerprint density at radius 2 is 1.67 bits per heavy atom. The molecule has 0 unspecified atom stereocenters. The molecule has 0 aliphatic heterocycles. The molecule has 24 heavy (non-hydrogen) atoms. The highest BCUT2D eigenvalue weighted by Crippen LogP contribution is 2.19. The first-order valence-corrected chi connectivity index (χ1v) is 8.11. The van der Waals surface area contributed by atoms with Crippen molar-refractivity contribution in [1.29, 1.82) is 0 Å². The van der Waals surface area contributed by atoms with Gasteiger partial charge in [-0.25, -0.2) is 4.79 Å². The van der Waals surface area contributed by atoms with Crippen LogP contribution < -0.4 is 10.6 Å². The van der Waals surface area contributed by atoms with Gasteiger partial charge in [0.05, 0.1) is 12.7 Å². The van der Waals surface area contributed by atoms with Gasteiger partial charge in [-0.05, 0) is 44.5 Å². The molecule has 0 aliphatic rings. The molecule has 6 nitrogen and oxygen atoms in total. The normalized spacial score (nSPS) is 10.8. The van der Waals surface area contributed by atoms with Gasteiger partial charge in [0.25, 0.3) is 0 Å². The summed E-state index contributed by atoms with van der Waals surface area (Å²) in [5.41, 5.74) is -0.282. The van der Waals surface area contributed by atoms with E-state index in [-0.39, 0.29) is 5.91 Å². The fourth-order valence-corrected chi connectivity index (χ4v) is 2.00. The summed E-state index contributed by atoms with van der Waals surface area (Å²) in [6.45, 7) is 5.82. The van der Waals surface area contributed by atoms with E-state index >= 15 is 0 Å². The van der Waals surface area contributed by atoms with E-state index < -0.39 is 17.3 Å². The lowest BCUT2D eigenvalue weighted by Crippen LogP contribution is -2.45. The molecule has 132 valence electrons. The Kier molecular flexibility index (Phi) is 7.42. The number of hydrogen-bond donors (Lipinski definition) is 2. The lowest BCUT2D eigenvalue weighted by atomic mass is 9.91. The van der Waals surface area contributed by atoms with Gasteiger partial charge in [0.15, 0.2) is 0 Å². The van der Waals surface area contributed by atoms with Gasteiger partial charge in [-0.1, -0.05) is 19.8 Å². The SMILES string of the molecule is CCCCCNC(=O)C(C)(C)C(=O)Nc1ccc(C(=O)OC)cc1. The molecule has 2 N–H and O–H groups in total. The smallest absolute Gasteiger partial charge is 0.337 e. The molecule has 0 aromatic heterocycles. The predicted molar refractivity (Wildman–Crippen MR) is 92.7 cm³/mol. The van der Waals surface area contributed by atoms with Crippen molar-refractivity contribution in [2.24, 2.45) is 5.41 Å². The van der Waals surface area contributed by atoms with Gasteiger partial charge in [0.2, 0.25) is 11.8 Å². The van der Waals surface area contributed by atoms with E-state index in [9.17, 15) is 14.4 Å². The molecular formula is C18H26N2O4. The minimum Gasteiger partial charge on any atom is -0.465 e. The largest absolute Gasteiger partial charge is 0.465 e. The molecule has 0 fully saturated rings. The zero-order chi connectivity index (χ0) is 18.2. The second kappa shape index (κ2) is 9.05. The van der Waals surface area contributed by atoms with Crippen molar-refractivity contribution >= 4 is 23.5 Å². The molecular weight excluding hydrogens is 308 g/mol. The maximum atomic E-state index is 12.4. The molecule has 1 aromatic carbocycles. The van der Waals surface area contributed by atoms with E-state index in [1.165, 1.54) is 7.11 Å². The summed E-state index contributed by atoms with van der Waals surface area (Å²) >= 11 is 0. The number of amides is 2. The van der Waals surface area contributed by atoms with E-state index in [0.29, 0.717) is 17.8 Å². The number of carbonyl (C=O) groups excluding carboxylic acids is 3. The van der Waals surface area contributed by atoms with Gasteiger partial charge < -0.3 is 15.4 Å². The van der Waals surface area contributed by atoms with Crippen molar-refractivity contribution < 1.29 is 19.1 Å². The van der Waals surface area contributed by atoms with Gasteiger partial charge in [-0.2, -0.15) is 0 Å². The number of carbonyl (C=O) groups is 3. The zero-order valence-corrected chi connectivity index (χ0v) is 14.8. The van der Waals surface area contributed by atoms with Crippen LogP contribution in [0, 0.1) is 5.41 Å². The summed E-state index contributed by atoms with van der Waals surface area (Å²) in [5, 5.41) is 5.49. The minimum absolute atomic E-state index is 0.303. The maximum Gasteiger partial charge on any atom is 0.337 e. The van der Waals surface area contributed by atoms with Crippen molar-refractivity contribution in [3.8, 4) is 0 Å². The van der Waals surface area contributed by atoms with Crippen molar-refractivity contribution in [2.75, 3.05) is 19.0 Å². The van der Waals surface area contributed by atoms with Crippen LogP contribution in [0.4, 0.5) is 5.69 Å². The molecule has 6 heteroatoms. The van der Waals surface area contributed by atoms with E-state index in [4.69, 9.17) is 0 Å². The third kappa shape index (κ3) is 5.37. The van der Waals surface area contributed by atoms with E-state index in [0.717, 1.165) is 19.3 Å². The van der Waals surface area contributed by atoms with Crippen molar-refractivity contribution in [1.82, 2.24) is 5.32 Å². The van der Waals surface area contributed by atoms with E-state index in [2.05, 4.69) is 22.3 Å². The fraction of sp³-hybridized carbons (Fsp3) is 0.500. The number of benzene rings is 1. The number of rotatable bonds is 8. The molecule has 0 spiro atoms. The van der Waals surface area contributed by atoms with Gasteiger partial charge in [0, 0.05) is 12.2 Å². The van der Waals surface area contributed by atoms with Crippen molar-refractivity contribution in [3.05, 3.63) is 29.8 Å². The number of unbranched alkanes of at least 4 members (excludes halogenated alkanes) is 2. The third-order valence-corrected chi connectivity index (χ3v) is 3.77. The summed E-state index contributed by atoms with van der Waals surface area (Å²) in [7, 11) is 1.31. The second-order valence-electron chi connectivity index (χ2n) is 6.11. The summed E-state index contributed by atoms with van der Waals surface area (Å²) in [4.78, 5) is 36.0. The Morgan fingerprint density at radius 1 is 1.04 bits per heavy atom. The number of esters is 1. The van der Waals surface area contributed by atoms with Crippen LogP contribution in [0.3, 0.4) is 0 Å². The van der Waals surface area contributed by atoms with Gasteiger partial charge in [-0.15, -0.1) is 0 Å². The van der Waals surface area contributed by atoms with Crippen molar-refractivity contribution in [3.63, 3.8) is 0 Å². The first-order chi connectivity index (χ1) is 11.3. The molecule has 0 saturated carbocycles. The van der Waals surface area contributed by atoms with Crippen LogP contribution in [0.2, 0.25) is 0 Å². The highest BCUT2D eigenvalue weighted by Gasteiger charge is 2.35. The molecule has 0 heterocycles. The number of anilines is 1. The number of ether oxygens (including phenoxy) is 1. The van der Waals surface area contributed by atoms with E-state index in [1.807, 2.05) is 0 Å². The Morgan fingerprint density at radius 3 is 2.21 bits per heavy atom. The van der Waals surface area contributed by atoms with Crippen LogP contribution >= 0.6 is 0 Å². The quantitative estimate of drug-likeness (QED) is 0.435. The van der Waals surface area contributed by atoms with E-state index in [1.54, 1.807) is 38.1 Å². The number of nitrogens with one attached hydrogen (secondary N) is 2. The predicted octanol–water partition coefficient (Wildman–Crippen LogP) is 2.74. The molecule has 0 radical (unpaired) electrons. The lowest BCUT2D eigenvalue weighted by molar-refractivity contribution is -0.138. The first-order valence-electron chi connectivity index (χ1n) is 8.11. The first kappa shape index (κ1) is 19.7. The summed E-state index contributed by atoms with van der Waals surface area (Å²) in [6, 6.07) is 6.30. The molecule has 0 aliphatic carbocycles. The highest BCUT2D eigenvalue weighted by atomic mass is 16.5. The summed E-state index contributed by atoms with van der Waals surface area (Å²) in [6.07, 6.45) is 3.01. The van der Waals surface area contributed by atoms with Crippen LogP contribution in [0.25, 0.3) is 0 Å². The molecule has 1 aromatic rings. The third-order valence-electron chi connectivity index (χ3n) is 3.77. The van der Waals surface area contributed by atoms with Crippen LogP contribution in [0.5, 0.6) is 0 Å². The van der Waals surface area contributed by atoms with Crippen LogP contribution in [-0.2, 0) is 14.3 Å². The summed E-state index contributed by atoms with van der Waals surface area (Å²) < 4.78 is 4.62. The van der Waals surface area contributed by atoms with Crippen LogP contribution in [0.1, 0.15) is 50.4 Å². The Labute approximate surface area is 143 Å². The molecule has 0 saturated heterocycles. The minimum atomic E-state index is -1.19. The maximum absolute atomic E-state index is 12.4. The lowest BCUT2D eigenvalue weighted by Gasteiger charge is -2.22. The molecule has 1 rings (SSSR count). The number of methoxy groups -OCH3 is 1. The second-order valence-corrected chi connectivity index (χ2v) is 6.11. The fourth-order valence-electron chi connectivity index (χ4n) is 2.00. The zero-order valence-electron chi connectivity index (χ0n) is 14.8. The average Bonchev–Trinajstić information content (AvgIpc) is 2.58. The molecule has 0 bridgehead atoms. The topological polar surface area (TPSA) is 84.5 Å². The van der Waals surface area contributed by atoms with Gasteiger partial charge >= 0.3 is 5.97 Å². The monoisotopic (exact) mass is 334 g/mol. The molecule has 2 amide bonds. The van der Waals surface area contributed by atoms with Crippen LogP contribution in [-0.4, -0.2) is 31.4 Å². The Balaban J connectivity index is 2.64.